The topological polar surface area (TPSA) is 76.4 Å². The molecule has 0 aliphatic rings. The first kappa shape index (κ1) is 24.5. The number of halogens is 1. The molecule has 0 saturated carbocycles. The number of oxazole rings is 1. The SMILES string of the molecule is Cc1ccc2oc(-c3ccc(Cl)c(NC(=S)NC(=O)c4ccc(OCc5ccccc5)cc4)c3)nc2c1. The van der Waals surface area contributed by atoms with Gasteiger partial charge in [-0.3, -0.25) is 10.1 Å². The molecule has 2 N–H and O–H groups in total. The summed E-state index contributed by atoms with van der Waals surface area (Å²) in [6.45, 7) is 2.45. The number of amides is 1. The van der Waals surface area contributed by atoms with Crippen LogP contribution in [0.3, 0.4) is 0 Å². The molecule has 0 saturated heterocycles. The number of anilines is 1. The maximum absolute atomic E-state index is 12.7. The molecule has 0 aliphatic carbocycles. The molecule has 5 rings (SSSR count). The molecule has 5 aromatic rings. The first-order valence-corrected chi connectivity index (χ1v) is 12.3. The number of fused-ring (bicyclic) bond motifs is 1. The number of ether oxygens (including phenoxy) is 1. The number of nitrogens with one attached hydrogen (secondary N) is 2. The summed E-state index contributed by atoms with van der Waals surface area (Å²) >= 11 is 11.7. The minimum atomic E-state index is -0.353. The Labute approximate surface area is 224 Å². The Bertz CT molecular complexity index is 1580. The van der Waals surface area contributed by atoms with Gasteiger partial charge >= 0.3 is 0 Å². The van der Waals surface area contributed by atoms with E-state index in [4.69, 9.17) is 33.0 Å². The Morgan fingerprint density at radius 1 is 1.00 bits per heavy atom. The average molecular weight is 528 g/mol. The number of thiocarbonyl (C=S) groups is 1. The number of carbonyl (C=O) groups is 1. The van der Waals surface area contributed by atoms with E-state index in [1.165, 1.54) is 0 Å². The fraction of sp³-hybridized carbons (Fsp3) is 0.0690. The monoisotopic (exact) mass is 527 g/mol. The zero-order valence-corrected chi connectivity index (χ0v) is 21.4. The lowest BCUT2D eigenvalue weighted by molar-refractivity contribution is 0.0977. The predicted octanol–water partition coefficient (Wildman–Crippen LogP) is 7.16. The van der Waals surface area contributed by atoms with Crippen LogP contribution in [0.2, 0.25) is 5.02 Å². The Balaban J connectivity index is 1.22. The van der Waals surface area contributed by atoms with Crippen molar-refractivity contribution in [2.45, 2.75) is 13.5 Å². The minimum absolute atomic E-state index is 0.113. The van der Waals surface area contributed by atoms with Crippen molar-refractivity contribution in [3.8, 4) is 17.2 Å². The molecule has 0 atom stereocenters. The summed E-state index contributed by atoms with van der Waals surface area (Å²) < 4.78 is 11.7. The summed E-state index contributed by atoms with van der Waals surface area (Å²) in [5, 5.41) is 6.22. The van der Waals surface area contributed by atoms with E-state index in [1.807, 2.05) is 61.5 Å². The first-order valence-electron chi connectivity index (χ1n) is 11.5. The van der Waals surface area contributed by atoms with Crippen LogP contribution in [-0.4, -0.2) is 16.0 Å². The maximum atomic E-state index is 12.7. The minimum Gasteiger partial charge on any atom is -0.489 e. The highest BCUT2D eigenvalue weighted by Crippen LogP contribution is 2.30. The van der Waals surface area contributed by atoms with Crippen LogP contribution >= 0.6 is 23.8 Å². The van der Waals surface area contributed by atoms with E-state index < -0.39 is 0 Å². The van der Waals surface area contributed by atoms with Crippen LogP contribution < -0.4 is 15.4 Å². The van der Waals surface area contributed by atoms with Gasteiger partial charge in [-0.2, -0.15) is 0 Å². The standard InChI is InChI=1S/C29H22ClN3O3S/c1-18-7-14-26-25(15-18)31-28(36-26)21-10-13-23(30)24(16-21)32-29(37)33-27(34)20-8-11-22(12-9-20)35-17-19-5-3-2-4-6-19/h2-16H,17H2,1H3,(H2,32,33,34,37). The van der Waals surface area contributed by atoms with Gasteiger partial charge < -0.3 is 14.5 Å². The molecule has 184 valence electrons. The highest BCUT2D eigenvalue weighted by Gasteiger charge is 2.13. The van der Waals surface area contributed by atoms with Gasteiger partial charge in [0.15, 0.2) is 10.7 Å². The molecule has 8 heteroatoms. The van der Waals surface area contributed by atoms with Crippen molar-refractivity contribution >= 4 is 51.6 Å². The summed E-state index contributed by atoms with van der Waals surface area (Å²) in [6.07, 6.45) is 0. The zero-order valence-electron chi connectivity index (χ0n) is 19.8. The third kappa shape index (κ3) is 5.97. The molecule has 1 amide bonds. The van der Waals surface area contributed by atoms with Crippen molar-refractivity contribution in [1.29, 1.82) is 0 Å². The third-order valence-electron chi connectivity index (χ3n) is 5.60. The lowest BCUT2D eigenvalue weighted by atomic mass is 10.2. The first-order chi connectivity index (χ1) is 17.9. The van der Waals surface area contributed by atoms with Gasteiger partial charge in [-0.15, -0.1) is 0 Å². The zero-order chi connectivity index (χ0) is 25.8. The lowest BCUT2D eigenvalue weighted by Crippen LogP contribution is -2.34. The van der Waals surface area contributed by atoms with E-state index in [0.717, 1.165) is 22.2 Å². The van der Waals surface area contributed by atoms with E-state index >= 15 is 0 Å². The highest BCUT2D eigenvalue weighted by molar-refractivity contribution is 7.80. The van der Waals surface area contributed by atoms with Crippen LogP contribution in [0.5, 0.6) is 5.75 Å². The number of hydrogen-bond acceptors (Lipinski definition) is 5. The largest absolute Gasteiger partial charge is 0.489 e. The molecule has 0 unspecified atom stereocenters. The van der Waals surface area contributed by atoms with Crippen LogP contribution in [0, 0.1) is 6.92 Å². The van der Waals surface area contributed by atoms with E-state index in [0.29, 0.717) is 40.1 Å². The summed E-state index contributed by atoms with van der Waals surface area (Å²) in [5.74, 6) is 0.776. The number of aromatic nitrogens is 1. The van der Waals surface area contributed by atoms with Crippen molar-refractivity contribution < 1.29 is 13.9 Å². The van der Waals surface area contributed by atoms with Gasteiger partial charge in [0.25, 0.3) is 5.91 Å². The van der Waals surface area contributed by atoms with Gasteiger partial charge in [-0.05, 0) is 84.9 Å². The third-order valence-corrected chi connectivity index (χ3v) is 6.13. The quantitative estimate of drug-likeness (QED) is 0.228. The Hall–Kier alpha value is -4.20. The fourth-order valence-corrected chi connectivity index (χ4v) is 4.05. The Kier molecular flexibility index (Phi) is 7.16. The molecule has 4 aromatic carbocycles. The van der Waals surface area contributed by atoms with Crippen molar-refractivity contribution in [3.05, 3.63) is 113 Å². The summed E-state index contributed by atoms with van der Waals surface area (Å²) in [5.41, 5.74) is 5.32. The maximum Gasteiger partial charge on any atom is 0.257 e. The number of carbonyl (C=O) groups excluding carboxylic acids is 1. The van der Waals surface area contributed by atoms with E-state index in [-0.39, 0.29) is 11.0 Å². The normalized spacial score (nSPS) is 10.8. The fourth-order valence-electron chi connectivity index (χ4n) is 3.69. The van der Waals surface area contributed by atoms with Gasteiger partial charge in [0.05, 0.1) is 10.7 Å². The van der Waals surface area contributed by atoms with E-state index in [2.05, 4.69) is 15.6 Å². The molecule has 6 nitrogen and oxygen atoms in total. The van der Waals surface area contributed by atoms with Gasteiger partial charge in [-0.25, -0.2) is 4.98 Å². The second-order valence-electron chi connectivity index (χ2n) is 8.39. The summed E-state index contributed by atoms with van der Waals surface area (Å²) in [7, 11) is 0. The van der Waals surface area contributed by atoms with Crippen molar-refractivity contribution in [2.75, 3.05) is 5.32 Å². The summed E-state index contributed by atoms with van der Waals surface area (Å²) in [4.78, 5) is 17.3. The molecule has 0 bridgehead atoms. The molecule has 0 radical (unpaired) electrons. The Morgan fingerprint density at radius 2 is 1.78 bits per heavy atom. The van der Waals surface area contributed by atoms with Crippen LogP contribution in [0.4, 0.5) is 5.69 Å². The summed E-state index contributed by atoms with van der Waals surface area (Å²) in [6, 6.07) is 27.9. The van der Waals surface area contributed by atoms with Crippen molar-refractivity contribution in [2.24, 2.45) is 0 Å². The molecule has 0 fully saturated rings. The van der Waals surface area contributed by atoms with Crippen LogP contribution in [-0.2, 0) is 6.61 Å². The molecule has 0 aliphatic heterocycles. The molecular formula is C29H22ClN3O3S. The molecule has 0 spiro atoms. The number of rotatable bonds is 6. The van der Waals surface area contributed by atoms with E-state index in [1.54, 1.807) is 36.4 Å². The lowest BCUT2D eigenvalue weighted by Gasteiger charge is -2.12. The van der Waals surface area contributed by atoms with Crippen molar-refractivity contribution in [1.82, 2.24) is 10.3 Å². The smallest absolute Gasteiger partial charge is 0.257 e. The molecular weight excluding hydrogens is 506 g/mol. The number of hydrogen-bond donors (Lipinski definition) is 2. The second-order valence-corrected chi connectivity index (χ2v) is 9.21. The second kappa shape index (κ2) is 10.8. The molecule has 1 heterocycles. The predicted molar refractivity (Wildman–Crippen MR) is 150 cm³/mol. The van der Waals surface area contributed by atoms with Gasteiger partial charge in [0.2, 0.25) is 5.89 Å². The molecule has 37 heavy (non-hydrogen) atoms. The number of aryl methyl sites for hydroxylation is 1. The number of benzene rings is 4. The van der Waals surface area contributed by atoms with Gasteiger partial charge in [-0.1, -0.05) is 48.0 Å². The number of nitrogens with zero attached hydrogens (tertiary/aromatic N) is 1. The van der Waals surface area contributed by atoms with Crippen LogP contribution in [0.1, 0.15) is 21.5 Å². The van der Waals surface area contributed by atoms with Gasteiger partial charge in [0.1, 0.15) is 17.9 Å². The van der Waals surface area contributed by atoms with Gasteiger partial charge in [0, 0.05) is 11.1 Å². The van der Waals surface area contributed by atoms with Crippen molar-refractivity contribution in [3.63, 3.8) is 0 Å². The van der Waals surface area contributed by atoms with Crippen LogP contribution in [0.25, 0.3) is 22.6 Å². The van der Waals surface area contributed by atoms with Crippen LogP contribution in [0.15, 0.2) is 95.4 Å². The Morgan fingerprint density at radius 3 is 2.57 bits per heavy atom. The molecule has 1 aromatic heterocycles. The average Bonchev–Trinajstić information content (AvgIpc) is 3.33. The highest BCUT2D eigenvalue weighted by atomic mass is 35.5. The van der Waals surface area contributed by atoms with E-state index in [9.17, 15) is 4.79 Å².